The Morgan fingerprint density at radius 1 is 1.15 bits per heavy atom. The van der Waals surface area contributed by atoms with E-state index in [2.05, 4.69) is 32.3 Å². The van der Waals surface area contributed by atoms with Crippen LogP contribution in [0.15, 0.2) is 0 Å². The van der Waals surface area contributed by atoms with Gasteiger partial charge in [0.2, 0.25) is 0 Å². The largest absolute Gasteiger partial charge is 0.313 e. The van der Waals surface area contributed by atoms with Gasteiger partial charge in [0.1, 0.15) is 0 Å². The quantitative estimate of drug-likeness (QED) is 0.608. The summed E-state index contributed by atoms with van der Waals surface area (Å²) < 4.78 is 0. The van der Waals surface area contributed by atoms with Crippen LogP contribution in [0, 0.1) is 5.92 Å². The van der Waals surface area contributed by atoms with Gasteiger partial charge >= 0.3 is 0 Å². The Hall–Kier alpha value is 0.310. The van der Waals surface area contributed by atoms with Crippen molar-refractivity contribution in [2.45, 2.75) is 46.1 Å². The topological polar surface area (TPSA) is 12.0 Å². The van der Waals surface area contributed by atoms with Crippen molar-refractivity contribution < 1.29 is 0 Å². The molecule has 0 bridgehead atoms. The molecule has 0 saturated carbocycles. The minimum absolute atomic E-state index is 0.700. The SMILES string of the molecule is CSCCNC(C)CCCC(C)C. The predicted octanol–water partition coefficient (Wildman–Crippen LogP) is 3.15. The molecule has 0 aromatic rings. The van der Waals surface area contributed by atoms with Gasteiger partial charge in [-0.3, -0.25) is 0 Å². The second-order valence-corrected chi connectivity index (χ2v) is 5.16. The zero-order valence-electron chi connectivity index (χ0n) is 9.60. The standard InChI is InChI=1S/C11H25NS/c1-10(2)6-5-7-11(3)12-8-9-13-4/h10-12H,5-9H2,1-4H3. The Morgan fingerprint density at radius 2 is 1.85 bits per heavy atom. The maximum Gasteiger partial charge on any atom is 0.00554 e. The average molecular weight is 203 g/mol. The zero-order valence-corrected chi connectivity index (χ0v) is 10.4. The molecule has 13 heavy (non-hydrogen) atoms. The van der Waals surface area contributed by atoms with E-state index in [1.54, 1.807) is 0 Å². The monoisotopic (exact) mass is 203 g/mol. The minimum Gasteiger partial charge on any atom is -0.313 e. The molecule has 2 heteroatoms. The summed E-state index contributed by atoms with van der Waals surface area (Å²) in [5.74, 6) is 2.09. The predicted molar refractivity (Wildman–Crippen MR) is 64.5 cm³/mol. The third kappa shape index (κ3) is 10.2. The van der Waals surface area contributed by atoms with Crippen LogP contribution in [-0.2, 0) is 0 Å². The normalized spacial score (nSPS) is 13.6. The van der Waals surface area contributed by atoms with Crippen molar-refractivity contribution in [1.82, 2.24) is 5.32 Å². The summed E-state index contributed by atoms with van der Waals surface area (Å²) in [6, 6.07) is 0.700. The van der Waals surface area contributed by atoms with Gasteiger partial charge in [0, 0.05) is 18.3 Å². The summed E-state index contributed by atoms with van der Waals surface area (Å²) >= 11 is 1.91. The lowest BCUT2D eigenvalue weighted by Gasteiger charge is -2.13. The molecule has 0 fully saturated rings. The van der Waals surface area contributed by atoms with Gasteiger partial charge in [-0.25, -0.2) is 0 Å². The summed E-state index contributed by atoms with van der Waals surface area (Å²) in [4.78, 5) is 0. The highest BCUT2D eigenvalue weighted by Gasteiger charge is 2.01. The van der Waals surface area contributed by atoms with Gasteiger partial charge in [0.15, 0.2) is 0 Å². The van der Waals surface area contributed by atoms with Gasteiger partial charge in [-0.15, -0.1) is 0 Å². The van der Waals surface area contributed by atoms with Crippen LogP contribution in [0.1, 0.15) is 40.0 Å². The zero-order chi connectivity index (χ0) is 10.1. The van der Waals surface area contributed by atoms with E-state index in [4.69, 9.17) is 0 Å². The fraction of sp³-hybridized carbons (Fsp3) is 1.00. The van der Waals surface area contributed by atoms with Gasteiger partial charge < -0.3 is 5.32 Å². The van der Waals surface area contributed by atoms with Gasteiger partial charge in [-0.1, -0.05) is 26.7 Å². The summed E-state index contributed by atoms with van der Waals surface area (Å²) in [7, 11) is 0. The molecule has 0 aliphatic heterocycles. The van der Waals surface area contributed by atoms with Gasteiger partial charge in [0.05, 0.1) is 0 Å². The average Bonchev–Trinajstić information content (AvgIpc) is 2.04. The number of nitrogens with one attached hydrogen (secondary N) is 1. The number of hydrogen-bond donors (Lipinski definition) is 1. The van der Waals surface area contributed by atoms with Crippen molar-refractivity contribution in [1.29, 1.82) is 0 Å². The van der Waals surface area contributed by atoms with Crippen LogP contribution in [0.2, 0.25) is 0 Å². The third-order valence-electron chi connectivity index (χ3n) is 2.22. The van der Waals surface area contributed by atoms with E-state index in [-0.39, 0.29) is 0 Å². The molecule has 0 rings (SSSR count). The molecule has 0 spiro atoms. The summed E-state index contributed by atoms with van der Waals surface area (Å²) in [5.41, 5.74) is 0. The second kappa shape index (κ2) is 8.89. The van der Waals surface area contributed by atoms with Crippen molar-refractivity contribution in [3.05, 3.63) is 0 Å². The minimum atomic E-state index is 0.700. The van der Waals surface area contributed by atoms with Crippen LogP contribution in [0.4, 0.5) is 0 Å². The first-order valence-electron chi connectivity index (χ1n) is 5.39. The van der Waals surface area contributed by atoms with E-state index in [1.807, 2.05) is 11.8 Å². The van der Waals surface area contributed by atoms with Gasteiger partial charge in [-0.2, -0.15) is 11.8 Å². The first-order valence-corrected chi connectivity index (χ1v) is 6.78. The first-order chi connectivity index (χ1) is 6.16. The Kier molecular flexibility index (Phi) is 9.10. The molecule has 1 nitrogen and oxygen atoms in total. The highest BCUT2D eigenvalue weighted by molar-refractivity contribution is 7.98. The number of rotatable bonds is 8. The van der Waals surface area contributed by atoms with Crippen molar-refractivity contribution in [3.8, 4) is 0 Å². The van der Waals surface area contributed by atoms with E-state index in [9.17, 15) is 0 Å². The molecular formula is C11H25NS. The van der Waals surface area contributed by atoms with Gasteiger partial charge in [0.25, 0.3) is 0 Å². The molecule has 1 N–H and O–H groups in total. The lowest BCUT2D eigenvalue weighted by atomic mass is 10.0. The van der Waals surface area contributed by atoms with Crippen molar-refractivity contribution in [2.24, 2.45) is 5.92 Å². The van der Waals surface area contributed by atoms with Crippen LogP contribution < -0.4 is 5.32 Å². The molecule has 0 aromatic heterocycles. The van der Waals surface area contributed by atoms with Crippen molar-refractivity contribution in [2.75, 3.05) is 18.6 Å². The molecule has 0 aliphatic rings. The third-order valence-corrected chi connectivity index (χ3v) is 2.83. The summed E-state index contributed by atoms with van der Waals surface area (Å²) in [6.07, 6.45) is 6.22. The summed E-state index contributed by atoms with van der Waals surface area (Å²) in [6.45, 7) is 8.04. The van der Waals surface area contributed by atoms with Crippen LogP contribution in [-0.4, -0.2) is 24.6 Å². The fourth-order valence-electron chi connectivity index (χ4n) is 1.34. The summed E-state index contributed by atoms with van der Waals surface area (Å²) in [5, 5.41) is 3.54. The molecule has 0 heterocycles. The molecule has 0 radical (unpaired) electrons. The Morgan fingerprint density at radius 3 is 2.38 bits per heavy atom. The lowest BCUT2D eigenvalue weighted by Crippen LogP contribution is -2.28. The highest BCUT2D eigenvalue weighted by Crippen LogP contribution is 2.08. The van der Waals surface area contributed by atoms with E-state index in [1.165, 1.54) is 25.0 Å². The molecular weight excluding hydrogens is 178 g/mol. The van der Waals surface area contributed by atoms with Crippen LogP contribution in [0.5, 0.6) is 0 Å². The molecule has 0 amide bonds. The molecule has 0 aromatic carbocycles. The lowest BCUT2D eigenvalue weighted by molar-refractivity contribution is 0.466. The van der Waals surface area contributed by atoms with E-state index in [0.717, 1.165) is 12.5 Å². The molecule has 1 unspecified atom stereocenters. The van der Waals surface area contributed by atoms with Crippen LogP contribution in [0.3, 0.4) is 0 Å². The van der Waals surface area contributed by atoms with Crippen LogP contribution in [0.25, 0.3) is 0 Å². The van der Waals surface area contributed by atoms with E-state index < -0.39 is 0 Å². The number of hydrogen-bond acceptors (Lipinski definition) is 2. The first kappa shape index (κ1) is 13.3. The fourth-order valence-corrected chi connectivity index (χ4v) is 1.66. The Bertz CT molecular complexity index is 104. The number of thioether (sulfide) groups is 1. The van der Waals surface area contributed by atoms with Crippen LogP contribution >= 0.6 is 11.8 Å². The molecule has 1 atom stereocenters. The molecule has 0 saturated heterocycles. The maximum atomic E-state index is 3.54. The van der Waals surface area contributed by atoms with Crippen molar-refractivity contribution >= 4 is 11.8 Å². The maximum absolute atomic E-state index is 3.54. The van der Waals surface area contributed by atoms with E-state index >= 15 is 0 Å². The van der Waals surface area contributed by atoms with E-state index in [0.29, 0.717) is 6.04 Å². The second-order valence-electron chi connectivity index (χ2n) is 4.17. The molecule has 80 valence electrons. The molecule has 0 aliphatic carbocycles. The Balaban J connectivity index is 3.15. The highest BCUT2D eigenvalue weighted by atomic mass is 32.2. The Labute approximate surface area is 88.1 Å². The smallest absolute Gasteiger partial charge is 0.00554 e. The van der Waals surface area contributed by atoms with Gasteiger partial charge in [-0.05, 0) is 25.5 Å². The van der Waals surface area contributed by atoms with Crippen molar-refractivity contribution in [3.63, 3.8) is 0 Å².